The first-order chi connectivity index (χ1) is 15.5. The quantitative estimate of drug-likeness (QED) is 0.448. The SMILES string of the molecule is Cc1ccccc1CN(CC1CCC(C(=O)NO)CC1)S(=O)(=O)c1ccc(C(C)(C)C)cc1. The molecule has 1 aliphatic carbocycles. The van der Waals surface area contributed by atoms with Gasteiger partial charge in [0.2, 0.25) is 15.9 Å². The van der Waals surface area contributed by atoms with Gasteiger partial charge in [-0.15, -0.1) is 0 Å². The molecule has 1 fully saturated rings. The van der Waals surface area contributed by atoms with E-state index in [0.29, 0.717) is 30.8 Å². The summed E-state index contributed by atoms with van der Waals surface area (Å²) in [5, 5.41) is 8.90. The lowest BCUT2D eigenvalue weighted by Crippen LogP contribution is -2.38. The number of sulfonamides is 1. The number of hydrogen-bond donors (Lipinski definition) is 2. The largest absolute Gasteiger partial charge is 0.289 e. The Morgan fingerprint density at radius 2 is 1.64 bits per heavy atom. The summed E-state index contributed by atoms with van der Waals surface area (Å²) < 4.78 is 29.1. The number of hydrogen-bond acceptors (Lipinski definition) is 4. The molecular formula is C26H36N2O4S. The molecule has 33 heavy (non-hydrogen) atoms. The molecule has 0 spiro atoms. The fourth-order valence-electron chi connectivity index (χ4n) is 4.49. The second kappa shape index (κ2) is 10.4. The number of rotatable bonds is 7. The zero-order valence-corrected chi connectivity index (χ0v) is 20.9. The molecule has 0 aromatic heterocycles. The molecule has 0 radical (unpaired) electrons. The van der Waals surface area contributed by atoms with Crippen molar-refractivity contribution in [3.05, 3.63) is 65.2 Å². The van der Waals surface area contributed by atoms with E-state index in [4.69, 9.17) is 5.21 Å². The van der Waals surface area contributed by atoms with Crippen LogP contribution < -0.4 is 5.48 Å². The van der Waals surface area contributed by atoms with Crippen LogP contribution >= 0.6 is 0 Å². The summed E-state index contributed by atoms with van der Waals surface area (Å²) in [6, 6.07) is 15.1. The minimum atomic E-state index is -3.70. The van der Waals surface area contributed by atoms with Gasteiger partial charge in [-0.1, -0.05) is 57.2 Å². The van der Waals surface area contributed by atoms with Crippen LogP contribution in [0, 0.1) is 18.8 Å². The van der Waals surface area contributed by atoms with E-state index in [9.17, 15) is 13.2 Å². The Kier molecular flexibility index (Phi) is 7.98. The van der Waals surface area contributed by atoms with Crippen LogP contribution in [0.15, 0.2) is 53.4 Å². The predicted molar refractivity (Wildman–Crippen MR) is 129 cm³/mol. The minimum Gasteiger partial charge on any atom is -0.289 e. The highest BCUT2D eigenvalue weighted by Gasteiger charge is 2.32. The van der Waals surface area contributed by atoms with Crippen LogP contribution in [0.25, 0.3) is 0 Å². The molecule has 1 aliphatic rings. The first-order valence-corrected chi connectivity index (χ1v) is 13.1. The zero-order chi connectivity index (χ0) is 24.2. The molecule has 0 bridgehead atoms. The fourth-order valence-corrected chi connectivity index (χ4v) is 5.98. The first kappa shape index (κ1) is 25.4. The summed E-state index contributed by atoms with van der Waals surface area (Å²) in [6.45, 7) is 9.03. The normalized spacial score (nSPS) is 19.5. The predicted octanol–water partition coefficient (Wildman–Crippen LogP) is 4.80. The molecule has 2 N–H and O–H groups in total. The van der Waals surface area contributed by atoms with Crippen molar-refractivity contribution in [3.8, 4) is 0 Å². The zero-order valence-electron chi connectivity index (χ0n) is 20.0. The number of carbonyl (C=O) groups excluding carboxylic acids is 1. The third kappa shape index (κ3) is 6.22. The summed E-state index contributed by atoms with van der Waals surface area (Å²) in [4.78, 5) is 12.1. The Hall–Kier alpha value is -2.22. The van der Waals surface area contributed by atoms with Gasteiger partial charge in [-0.05, 0) is 72.8 Å². The van der Waals surface area contributed by atoms with Crippen molar-refractivity contribution in [1.82, 2.24) is 9.79 Å². The lowest BCUT2D eigenvalue weighted by atomic mass is 9.81. The van der Waals surface area contributed by atoms with E-state index in [1.807, 2.05) is 43.3 Å². The summed E-state index contributed by atoms with van der Waals surface area (Å²) in [5.74, 6) is -0.394. The van der Waals surface area contributed by atoms with Crippen LogP contribution in [-0.4, -0.2) is 30.4 Å². The molecule has 6 nitrogen and oxygen atoms in total. The van der Waals surface area contributed by atoms with Crippen molar-refractivity contribution in [2.24, 2.45) is 11.8 Å². The van der Waals surface area contributed by atoms with E-state index < -0.39 is 10.0 Å². The van der Waals surface area contributed by atoms with Crippen LogP contribution in [0.2, 0.25) is 0 Å². The number of benzene rings is 2. The van der Waals surface area contributed by atoms with Gasteiger partial charge in [0.1, 0.15) is 0 Å². The van der Waals surface area contributed by atoms with Crippen molar-refractivity contribution >= 4 is 15.9 Å². The summed E-state index contributed by atoms with van der Waals surface area (Å²) in [6.07, 6.45) is 2.80. The molecule has 0 aliphatic heterocycles. The molecule has 0 saturated heterocycles. The Balaban J connectivity index is 1.85. The molecule has 1 amide bonds. The second-order valence-corrected chi connectivity index (χ2v) is 12.1. The number of amides is 1. The standard InChI is InChI=1S/C26H36N2O4S/c1-19-7-5-6-8-22(19)18-28(17-20-9-11-21(12-10-20)25(29)27-30)33(31,32)24-15-13-23(14-16-24)26(2,3)4/h5-8,13-16,20-21,30H,9-12,17-18H2,1-4H3,(H,27,29). The Morgan fingerprint density at radius 1 is 1.03 bits per heavy atom. The van der Waals surface area contributed by atoms with Crippen LogP contribution in [0.4, 0.5) is 0 Å². The number of nitrogens with one attached hydrogen (secondary N) is 1. The molecule has 0 unspecified atom stereocenters. The smallest absolute Gasteiger partial charge is 0.246 e. The van der Waals surface area contributed by atoms with Crippen LogP contribution in [0.1, 0.15) is 63.1 Å². The van der Waals surface area contributed by atoms with Gasteiger partial charge in [0, 0.05) is 19.0 Å². The van der Waals surface area contributed by atoms with Crippen LogP contribution in [0.3, 0.4) is 0 Å². The van der Waals surface area contributed by atoms with E-state index in [1.54, 1.807) is 21.9 Å². The minimum absolute atomic E-state index is 0.0529. The number of hydroxylamine groups is 1. The van der Waals surface area contributed by atoms with Crippen molar-refractivity contribution in [2.75, 3.05) is 6.54 Å². The van der Waals surface area contributed by atoms with Gasteiger partial charge in [0.25, 0.3) is 0 Å². The third-order valence-electron chi connectivity index (χ3n) is 6.76. The molecule has 180 valence electrons. The molecular weight excluding hydrogens is 436 g/mol. The van der Waals surface area contributed by atoms with Crippen LogP contribution in [0.5, 0.6) is 0 Å². The highest BCUT2D eigenvalue weighted by molar-refractivity contribution is 7.89. The highest BCUT2D eigenvalue weighted by atomic mass is 32.2. The Labute approximate surface area is 198 Å². The maximum atomic E-state index is 13.7. The van der Waals surface area contributed by atoms with E-state index >= 15 is 0 Å². The van der Waals surface area contributed by atoms with E-state index in [-0.39, 0.29) is 23.2 Å². The molecule has 3 rings (SSSR count). The average molecular weight is 473 g/mol. The van der Waals surface area contributed by atoms with Crippen molar-refractivity contribution in [3.63, 3.8) is 0 Å². The van der Waals surface area contributed by atoms with Gasteiger partial charge in [-0.3, -0.25) is 10.0 Å². The van der Waals surface area contributed by atoms with Gasteiger partial charge < -0.3 is 0 Å². The molecule has 0 heterocycles. The van der Waals surface area contributed by atoms with Gasteiger partial charge in [-0.25, -0.2) is 13.9 Å². The summed E-state index contributed by atoms with van der Waals surface area (Å²) in [7, 11) is -3.70. The molecule has 0 atom stereocenters. The third-order valence-corrected chi connectivity index (χ3v) is 8.58. The molecule has 7 heteroatoms. The molecule has 2 aromatic carbocycles. The number of nitrogens with zero attached hydrogens (tertiary/aromatic N) is 1. The first-order valence-electron chi connectivity index (χ1n) is 11.6. The van der Waals surface area contributed by atoms with E-state index in [1.165, 1.54) is 0 Å². The van der Waals surface area contributed by atoms with Gasteiger partial charge >= 0.3 is 0 Å². The van der Waals surface area contributed by atoms with Gasteiger partial charge in [-0.2, -0.15) is 4.31 Å². The lowest BCUT2D eigenvalue weighted by Gasteiger charge is -2.32. The Morgan fingerprint density at radius 3 is 2.18 bits per heavy atom. The van der Waals surface area contributed by atoms with Crippen molar-refractivity contribution in [2.45, 2.75) is 70.2 Å². The summed E-state index contributed by atoms with van der Waals surface area (Å²) in [5.41, 5.74) is 4.83. The topological polar surface area (TPSA) is 86.7 Å². The van der Waals surface area contributed by atoms with Crippen molar-refractivity contribution < 1.29 is 18.4 Å². The van der Waals surface area contributed by atoms with E-state index in [0.717, 1.165) is 29.5 Å². The van der Waals surface area contributed by atoms with Gasteiger partial charge in [0.15, 0.2) is 0 Å². The lowest BCUT2D eigenvalue weighted by molar-refractivity contribution is -0.134. The number of carbonyl (C=O) groups is 1. The maximum Gasteiger partial charge on any atom is 0.246 e. The summed E-state index contributed by atoms with van der Waals surface area (Å²) >= 11 is 0. The molecule has 2 aromatic rings. The fraction of sp³-hybridized carbons (Fsp3) is 0.500. The molecule has 1 saturated carbocycles. The highest BCUT2D eigenvalue weighted by Crippen LogP contribution is 2.32. The monoisotopic (exact) mass is 472 g/mol. The Bertz CT molecular complexity index is 1050. The van der Waals surface area contributed by atoms with Crippen LogP contribution in [-0.2, 0) is 26.8 Å². The number of aryl methyl sites for hydroxylation is 1. The van der Waals surface area contributed by atoms with E-state index in [2.05, 4.69) is 20.8 Å². The van der Waals surface area contributed by atoms with Gasteiger partial charge in [0.05, 0.1) is 4.90 Å². The second-order valence-electron chi connectivity index (χ2n) is 10.2. The average Bonchev–Trinajstić information content (AvgIpc) is 2.79. The van der Waals surface area contributed by atoms with Crippen molar-refractivity contribution in [1.29, 1.82) is 0 Å². The maximum absolute atomic E-state index is 13.7.